The fraction of sp³-hybridized carbons (Fsp3) is 0.556. The summed E-state index contributed by atoms with van der Waals surface area (Å²) < 4.78 is 28.9. The van der Waals surface area contributed by atoms with E-state index >= 15 is 0 Å². The minimum atomic E-state index is -3.50. The van der Waals surface area contributed by atoms with Gasteiger partial charge in [-0.1, -0.05) is 49.9 Å². The third-order valence-corrected chi connectivity index (χ3v) is 6.92. The average molecular weight is 369 g/mol. The van der Waals surface area contributed by atoms with Gasteiger partial charge in [0.05, 0.1) is 10.4 Å². The van der Waals surface area contributed by atoms with Gasteiger partial charge in [0.15, 0.2) is 0 Å². The maximum atomic E-state index is 12.9. The van der Waals surface area contributed by atoms with Crippen molar-refractivity contribution in [3.05, 3.63) is 40.4 Å². The van der Waals surface area contributed by atoms with E-state index in [9.17, 15) is 8.42 Å². The number of rotatable bonds is 5. The van der Waals surface area contributed by atoms with Crippen molar-refractivity contribution in [1.82, 2.24) is 10.0 Å². The molecule has 1 spiro atoms. The molecular formula is C18H25ClN2O2S. The Morgan fingerprint density at radius 3 is 2.46 bits per heavy atom. The first-order valence-corrected chi connectivity index (χ1v) is 10.6. The van der Waals surface area contributed by atoms with Crippen molar-refractivity contribution in [2.45, 2.75) is 51.0 Å². The summed E-state index contributed by atoms with van der Waals surface area (Å²) >= 11 is 5.98. The van der Waals surface area contributed by atoms with Crippen molar-refractivity contribution in [1.29, 1.82) is 0 Å². The van der Waals surface area contributed by atoms with Gasteiger partial charge in [0.25, 0.3) is 0 Å². The molecule has 1 aromatic carbocycles. The van der Waals surface area contributed by atoms with E-state index in [2.05, 4.69) is 17.0 Å². The van der Waals surface area contributed by atoms with Gasteiger partial charge in [0.2, 0.25) is 10.0 Å². The van der Waals surface area contributed by atoms with Gasteiger partial charge >= 0.3 is 0 Å². The minimum absolute atomic E-state index is 0.410. The van der Waals surface area contributed by atoms with Gasteiger partial charge in [-0.3, -0.25) is 0 Å². The molecule has 0 amide bonds. The van der Waals surface area contributed by atoms with Crippen LogP contribution in [-0.2, 0) is 10.0 Å². The van der Waals surface area contributed by atoms with Gasteiger partial charge < -0.3 is 5.32 Å². The molecule has 0 radical (unpaired) electrons. The topological polar surface area (TPSA) is 58.2 Å². The second kappa shape index (κ2) is 7.16. The van der Waals surface area contributed by atoms with Crippen LogP contribution in [0.3, 0.4) is 0 Å². The zero-order chi connectivity index (χ0) is 17.2. The van der Waals surface area contributed by atoms with E-state index in [0.29, 0.717) is 16.5 Å². The predicted octanol–water partition coefficient (Wildman–Crippen LogP) is 3.69. The molecule has 1 fully saturated rings. The zero-order valence-corrected chi connectivity index (χ0v) is 15.6. The SMILES string of the molecule is CCCNCC1=C(c2ccc(Cl)cc2)S(=O)(=O)NC12CCCCC2. The van der Waals surface area contributed by atoms with Crippen LogP contribution in [0.4, 0.5) is 0 Å². The first kappa shape index (κ1) is 17.9. The van der Waals surface area contributed by atoms with E-state index < -0.39 is 15.6 Å². The van der Waals surface area contributed by atoms with Crippen molar-refractivity contribution in [3.63, 3.8) is 0 Å². The molecule has 132 valence electrons. The van der Waals surface area contributed by atoms with Gasteiger partial charge in [-0.05, 0) is 49.1 Å². The van der Waals surface area contributed by atoms with E-state index in [-0.39, 0.29) is 0 Å². The largest absolute Gasteiger partial charge is 0.313 e. The van der Waals surface area contributed by atoms with Crippen molar-refractivity contribution in [3.8, 4) is 0 Å². The van der Waals surface area contributed by atoms with E-state index in [0.717, 1.165) is 49.8 Å². The van der Waals surface area contributed by atoms with Crippen LogP contribution in [0.5, 0.6) is 0 Å². The molecule has 1 heterocycles. The highest BCUT2D eigenvalue weighted by Gasteiger charge is 2.48. The average Bonchev–Trinajstić information content (AvgIpc) is 2.76. The molecule has 3 rings (SSSR count). The maximum absolute atomic E-state index is 12.9. The molecule has 1 aliphatic carbocycles. The Kier molecular flexibility index (Phi) is 5.35. The molecule has 1 saturated carbocycles. The van der Waals surface area contributed by atoms with Crippen LogP contribution >= 0.6 is 11.6 Å². The Morgan fingerprint density at radius 2 is 1.83 bits per heavy atom. The van der Waals surface area contributed by atoms with Crippen LogP contribution in [-0.4, -0.2) is 27.0 Å². The molecule has 2 aliphatic rings. The minimum Gasteiger partial charge on any atom is -0.313 e. The van der Waals surface area contributed by atoms with Crippen molar-refractivity contribution >= 4 is 26.5 Å². The second-order valence-electron chi connectivity index (χ2n) is 6.74. The molecule has 1 aliphatic heterocycles. The Morgan fingerprint density at radius 1 is 1.17 bits per heavy atom. The Labute approximate surface area is 149 Å². The smallest absolute Gasteiger partial charge is 0.242 e. The lowest BCUT2D eigenvalue weighted by Gasteiger charge is -2.35. The van der Waals surface area contributed by atoms with Crippen LogP contribution in [0.1, 0.15) is 51.0 Å². The highest BCUT2D eigenvalue weighted by atomic mass is 35.5. The van der Waals surface area contributed by atoms with Gasteiger partial charge in [-0.2, -0.15) is 0 Å². The molecule has 0 atom stereocenters. The number of hydrogen-bond acceptors (Lipinski definition) is 3. The molecule has 4 nitrogen and oxygen atoms in total. The monoisotopic (exact) mass is 368 g/mol. The lowest BCUT2D eigenvalue weighted by molar-refractivity contribution is 0.315. The quantitative estimate of drug-likeness (QED) is 0.779. The number of halogens is 1. The first-order chi connectivity index (χ1) is 11.5. The standard InChI is InChI=1S/C18H25ClN2O2S/c1-2-12-20-13-16-17(14-6-8-15(19)9-7-14)24(22,23)21-18(16)10-4-3-5-11-18/h6-9,20-21H,2-5,10-13H2,1H3. The Bertz CT molecular complexity index is 720. The number of sulfonamides is 1. The molecule has 6 heteroatoms. The second-order valence-corrected chi connectivity index (χ2v) is 8.80. The fourth-order valence-electron chi connectivity index (χ4n) is 3.88. The van der Waals surface area contributed by atoms with Crippen LogP contribution in [0.15, 0.2) is 29.8 Å². The van der Waals surface area contributed by atoms with Gasteiger partial charge in [0.1, 0.15) is 0 Å². The number of benzene rings is 1. The summed E-state index contributed by atoms with van der Waals surface area (Å²) in [5.41, 5.74) is 1.31. The summed E-state index contributed by atoms with van der Waals surface area (Å²) in [4.78, 5) is 0.449. The summed E-state index contributed by atoms with van der Waals surface area (Å²) in [5, 5.41) is 4.02. The van der Waals surface area contributed by atoms with E-state index in [4.69, 9.17) is 11.6 Å². The molecule has 1 aromatic rings. The van der Waals surface area contributed by atoms with Crippen LogP contribution in [0.2, 0.25) is 5.02 Å². The van der Waals surface area contributed by atoms with Gasteiger partial charge in [0, 0.05) is 11.6 Å². The highest BCUT2D eigenvalue weighted by molar-refractivity contribution is 7.99. The van der Waals surface area contributed by atoms with Crippen molar-refractivity contribution in [2.24, 2.45) is 0 Å². The van der Waals surface area contributed by atoms with E-state index in [1.807, 2.05) is 0 Å². The van der Waals surface area contributed by atoms with Crippen LogP contribution in [0, 0.1) is 0 Å². The summed E-state index contributed by atoms with van der Waals surface area (Å²) in [6.07, 6.45) is 6.09. The molecule has 0 saturated heterocycles. The molecule has 2 N–H and O–H groups in total. The molecule has 0 unspecified atom stereocenters. The normalized spacial score (nSPS) is 22.2. The molecule has 24 heavy (non-hydrogen) atoms. The predicted molar refractivity (Wildman–Crippen MR) is 99.4 cm³/mol. The molecule has 0 aromatic heterocycles. The highest BCUT2D eigenvalue weighted by Crippen LogP contribution is 2.45. The third kappa shape index (κ3) is 3.40. The zero-order valence-electron chi connectivity index (χ0n) is 14.1. The Hall–Kier alpha value is -0.880. The number of hydrogen-bond donors (Lipinski definition) is 2. The van der Waals surface area contributed by atoms with E-state index in [1.54, 1.807) is 24.3 Å². The maximum Gasteiger partial charge on any atom is 0.242 e. The van der Waals surface area contributed by atoms with E-state index in [1.165, 1.54) is 6.42 Å². The number of nitrogens with one attached hydrogen (secondary N) is 2. The van der Waals surface area contributed by atoms with Crippen molar-refractivity contribution < 1.29 is 8.42 Å². The summed E-state index contributed by atoms with van der Waals surface area (Å²) in [5.74, 6) is 0. The third-order valence-electron chi connectivity index (χ3n) is 4.99. The summed E-state index contributed by atoms with van der Waals surface area (Å²) in [7, 11) is -3.50. The molecular weight excluding hydrogens is 344 g/mol. The molecule has 0 bridgehead atoms. The van der Waals surface area contributed by atoms with Gasteiger partial charge in [-0.15, -0.1) is 0 Å². The van der Waals surface area contributed by atoms with Crippen LogP contribution < -0.4 is 10.0 Å². The Balaban J connectivity index is 2.09. The summed E-state index contributed by atoms with van der Waals surface area (Å²) in [6.45, 7) is 3.60. The first-order valence-electron chi connectivity index (χ1n) is 8.73. The van der Waals surface area contributed by atoms with Crippen LogP contribution in [0.25, 0.3) is 4.91 Å². The van der Waals surface area contributed by atoms with Crippen molar-refractivity contribution in [2.75, 3.05) is 13.1 Å². The lowest BCUT2D eigenvalue weighted by atomic mass is 9.76. The summed E-state index contributed by atoms with van der Waals surface area (Å²) in [6, 6.07) is 7.11. The van der Waals surface area contributed by atoms with Gasteiger partial charge in [-0.25, -0.2) is 13.1 Å². The fourth-order valence-corrected chi connectivity index (χ4v) is 5.99. The lowest BCUT2D eigenvalue weighted by Crippen LogP contribution is -2.47.